The van der Waals surface area contributed by atoms with Gasteiger partial charge in [-0.3, -0.25) is 4.79 Å². The number of aliphatic hydroxyl groups is 1. The fourth-order valence-electron chi connectivity index (χ4n) is 1.18. The number of carboxylic acid groups (broad SMARTS) is 1. The second kappa shape index (κ2) is 6.51. The predicted molar refractivity (Wildman–Crippen MR) is 62.1 cm³/mol. The summed E-state index contributed by atoms with van der Waals surface area (Å²) in [4.78, 5) is 21.8. The summed E-state index contributed by atoms with van der Waals surface area (Å²) in [5.74, 6) is -2.55. The van der Waals surface area contributed by atoms with Gasteiger partial charge in [-0.2, -0.15) is 0 Å². The lowest BCUT2D eigenvalue weighted by molar-refractivity contribution is -0.142. The normalized spacial score (nSPS) is 12.3. The van der Waals surface area contributed by atoms with Crippen LogP contribution >= 0.6 is 0 Å². The minimum absolute atomic E-state index is 0.212. The molecule has 0 bridgehead atoms. The van der Waals surface area contributed by atoms with Gasteiger partial charge in [0.15, 0.2) is 6.04 Å². The molecule has 1 aromatic carbocycles. The highest BCUT2D eigenvalue weighted by Crippen LogP contribution is 2.07. The lowest BCUT2D eigenvalue weighted by atomic mass is 10.2. The molecular weight excluding hydrogens is 241 g/mol. The van der Waals surface area contributed by atoms with Crippen LogP contribution in [0.3, 0.4) is 0 Å². The number of halogens is 1. The summed E-state index contributed by atoms with van der Waals surface area (Å²) in [7, 11) is 0. The van der Waals surface area contributed by atoms with Gasteiger partial charge in [-0.1, -0.05) is 18.2 Å². The third-order valence-electron chi connectivity index (χ3n) is 2.12. The molecule has 1 atom stereocenters. The molecule has 0 unspecified atom stereocenters. The van der Waals surface area contributed by atoms with Gasteiger partial charge in [-0.15, -0.1) is 0 Å². The van der Waals surface area contributed by atoms with E-state index in [4.69, 9.17) is 10.2 Å². The minimum Gasteiger partial charge on any atom is -0.480 e. The SMILES string of the molecule is O=C(/C=C/c1ccccc1F)N[C@H](CO)C(=O)O. The Balaban J connectivity index is 2.65. The number of rotatable bonds is 5. The van der Waals surface area contributed by atoms with Gasteiger partial charge in [-0.05, 0) is 12.1 Å². The number of aliphatic hydroxyl groups excluding tert-OH is 1. The number of benzene rings is 1. The predicted octanol–water partition coefficient (Wildman–Crippen LogP) is 0.401. The standard InChI is InChI=1S/C12H12FNO4/c13-9-4-2-1-3-8(9)5-6-11(16)14-10(7-15)12(17)18/h1-6,10,15H,7H2,(H,14,16)(H,17,18)/b6-5+/t10-/m1/s1. The fourth-order valence-corrected chi connectivity index (χ4v) is 1.18. The molecule has 0 saturated carbocycles. The van der Waals surface area contributed by atoms with Crippen LogP contribution < -0.4 is 5.32 Å². The molecule has 0 aliphatic carbocycles. The van der Waals surface area contributed by atoms with Crippen LogP contribution in [0.4, 0.5) is 4.39 Å². The van der Waals surface area contributed by atoms with Crippen LogP contribution in [0.15, 0.2) is 30.3 Å². The molecule has 0 radical (unpaired) electrons. The molecule has 6 heteroatoms. The van der Waals surface area contributed by atoms with Crippen LogP contribution in [0.5, 0.6) is 0 Å². The van der Waals surface area contributed by atoms with E-state index < -0.39 is 30.3 Å². The summed E-state index contributed by atoms with van der Waals surface area (Å²) in [5, 5.41) is 19.3. The summed E-state index contributed by atoms with van der Waals surface area (Å²) >= 11 is 0. The molecule has 5 nitrogen and oxygen atoms in total. The van der Waals surface area contributed by atoms with Gasteiger partial charge in [0.1, 0.15) is 5.82 Å². The molecule has 0 heterocycles. The maximum atomic E-state index is 13.2. The smallest absolute Gasteiger partial charge is 0.328 e. The monoisotopic (exact) mass is 253 g/mol. The zero-order valence-corrected chi connectivity index (χ0v) is 9.34. The Morgan fingerprint density at radius 3 is 2.61 bits per heavy atom. The minimum atomic E-state index is -1.37. The van der Waals surface area contributed by atoms with Gasteiger partial charge in [0.05, 0.1) is 6.61 Å². The van der Waals surface area contributed by atoms with Crippen molar-refractivity contribution in [2.75, 3.05) is 6.61 Å². The van der Waals surface area contributed by atoms with Crippen LogP contribution in [0.1, 0.15) is 5.56 Å². The number of carboxylic acids is 1. The second-order valence-corrected chi connectivity index (χ2v) is 3.44. The van der Waals surface area contributed by atoms with Gasteiger partial charge in [0, 0.05) is 11.6 Å². The molecule has 1 amide bonds. The van der Waals surface area contributed by atoms with E-state index >= 15 is 0 Å². The first kappa shape index (κ1) is 13.9. The van der Waals surface area contributed by atoms with E-state index in [1.807, 2.05) is 0 Å². The van der Waals surface area contributed by atoms with Gasteiger partial charge in [0.25, 0.3) is 0 Å². The average molecular weight is 253 g/mol. The topological polar surface area (TPSA) is 86.6 Å². The highest BCUT2D eigenvalue weighted by molar-refractivity contribution is 5.94. The number of carbonyl (C=O) groups excluding carboxylic acids is 1. The van der Waals surface area contributed by atoms with E-state index in [1.165, 1.54) is 24.3 Å². The largest absolute Gasteiger partial charge is 0.480 e. The van der Waals surface area contributed by atoms with Crippen LogP contribution in [-0.2, 0) is 9.59 Å². The van der Waals surface area contributed by atoms with Gasteiger partial charge in [-0.25, -0.2) is 9.18 Å². The van der Waals surface area contributed by atoms with E-state index in [2.05, 4.69) is 5.32 Å². The van der Waals surface area contributed by atoms with E-state index in [0.29, 0.717) is 0 Å². The molecule has 0 saturated heterocycles. The Morgan fingerprint density at radius 2 is 2.06 bits per heavy atom. The van der Waals surface area contributed by atoms with Crippen molar-refractivity contribution < 1.29 is 24.2 Å². The average Bonchev–Trinajstić information content (AvgIpc) is 2.34. The number of carbonyl (C=O) groups is 2. The van der Waals surface area contributed by atoms with Crippen LogP contribution in [0.2, 0.25) is 0 Å². The Bertz CT molecular complexity index is 473. The summed E-state index contributed by atoms with van der Waals surface area (Å²) < 4.78 is 13.2. The molecule has 3 N–H and O–H groups in total. The summed E-state index contributed by atoms with van der Waals surface area (Å²) in [6, 6.07) is 4.46. The number of hydrogen-bond acceptors (Lipinski definition) is 3. The molecular formula is C12H12FNO4. The van der Waals surface area contributed by atoms with E-state index in [0.717, 1.165) is 6.08 Å². The first-order chi connectivity index (χ1) is 8.54. The summed E-state index contributed by atoms with van der Waals surface area (Å²) in [5.41, 5.74) is 0.212. The van der Waals surface area contributed by atoms with Crippen LogP contribution in [0.25, 0.3) is 6.08 Å². The van der Waals surface area contributed by atoms with E-state index in [9.17, 15) is 14.0 Å². The third-order valence-corrected chi connectivity index (χ3v) is 2.12. The number of aliphatic carboxylic acids is 1. The van der Waals surface area contributed by atoms with Crippen molar-refractivity contribution in [1.29, 1.82) is 0 Å². The Hall–Kier alpha value is -2.21. The van der Waals surface area contributed by atoms with Crippen molar-refractivity contribution in [3.8, 4) is 0 Å². The Kier molecular flexibility index (Phi) is 5.01. The van der Waals surface area contributed by atoms with E-state index in [-0.39, 0.29) is 5.56 Å². The molecule has 1 rings (SSSR count). The number of nitrogens with one attached hydrogen (secondary N) is 1. The summed E-state index contributed by atoms with van der Waals surface area (Å²) in [6.45, 7) is -0.714. The van der Waals surface area contributed by atoms with Crippen LogP contribution in [-0.4, -0.2) is 34.7 Å². The first-order valence-corrected chi connectivity index (χ1v) is 5.11. The lowest BCUT2D eigenvalue weighted by Gasteiger charge is -2.09. The Morgan fingerprint density at radius 1 is 1.39 bits per heavy atom. The molecule has 0 spiro atoms. The Labute approximate surface area is 103 Å². The first-order valence-electron chi connectivity index (χ1n) is 5.11. The molecule has 18 heavy (non-hydrogen) atoms. The maximum Gasteiger partial charge on any atom is 0.328 e. The molecule has 96 valence electrons. The number of amides is 1. The van der Waals surface area contributed by atoms with E-state index in [1.54, 1.807) is 6.07 Å². The molecule has 0 aliphatic heterocycles. The molecule has 0 aliphatic rings. The highest BCUT2D eigenvalue weighted by Gasteiger charge is 2.17. The van der Waals surface area contributed by atoms with Crippen molar-refractivity contribution >= 4 is 18.0 Å². The quantitative estimate of drug-likeness (QED) is 0.663. The lowest BCUT2D eigenvalue weighted by Crippen LogP contribution is -2.42. The van der Waals surface area contributed by atoms with Crippen molar-refractivity contribution in [3.63, 3.8) is 0 Å². The van der Waals surface area contributed by atoms with Crippen molar-refractivity contribution in [1.82, 2.24) is 5.32 Å². The van der Waals surface area contributed by atoms with Crippen LogP contribution in [0, 0.1) is 5.82 Å². The van der Waals surface area contributed by atoms with Gasteiger partial charge >= 0.3 is 5.97 Å². The van der Waals surface area contributed by atoms with Crippen molar-refractivity contribution in [2.24, 2.45) is 0 Å². The molecule has 0 fully saturated rings. The summed E-state index contributed by atoms with van der Waals surface area (Å²) in [6.07, 6.45) is 2.23. The second-order valence-electron chi connectivity index (χ2n) is 3.44. The zero-order chi connectivity index (χ0) is 13.5. The zero-order valence-electron chi connectivity index (χ0n) is 9.34. The third kappa shape index (κ3) is 3.99. The van der Waals surface area contributed by atoms with Crippen molar-refractivity contribution in [3.05, 3.63) is 41.7 Å². The van der Waals surface area contributed by atoms with Gasteiger partial charge < -0.3 is 15.5 Å². The maximum absolute atomic E-state index is 13.2. The fraction of sp³-hybridized carbons (Fsp3) is 0.167. The van der Waals surface area contributed by atoms with Crippen molar-refractivity contribution in [2.45, 2.75) is 6.04 Å². The van der Waals surface area contributed by atoms with Gasteiger partial charge in [0.2, 0.25) is 5.91 Å². The molecule has 0 aromatic heterocycles. The number of hydrogen-bond donors (Lipinski definition) is 3. The molecule has 1 aromatic rings. The highest BCUT2D eigenvalue weighted by atomic mass is 19.1.